The maximum absolute atomic E-state index is 14.3. The average Bonchev–Trinajstić information content (AvgIpc) is 2.97. The third-order valence-corrected chi connectivity index (χ3v) is 5.21. The summed E-state index contributed by atoms with van der Waals surface area (Å²) in [5.41, 5.74) is 1.38. The zero-order chi connectivity index (χ0) is 22.0. The van der Waals surface area contributed by atoms with Crippen LogP contribution >= 0.6 is 0 Å². The van der Waals surface area contributed by atoms with Crippen LogP contribution in [0.2, 0.25) is 0 Å². The Morgan fingerprint density at radius 1 is 1.35 bits per heavy atom. The Morgan fingerprint density at radius 3 is 3.00 bits per heavy atom. The first-order valence-electron chi connectivity index (χ1n) is 10.4. The Hall–Kier alpha value is -3.27. The van der Waals surface area contributed by atoms with Gasteiger partial charge in [0.1, 0.15) is 5.56 Å². The lowest BCUT2D eigenvalue weighted by Gasteiger charge is -2.27. The van der Waals surface area contributed by atoms with Crippen LogP contribution in [-0.4, -0.2) is 57.5 Å². The summed E-state index contributed by atoms with van der Waals surface area (Å²) in [4.78, 5) is 28.1. The molecular formula is C21H26FN7O2. The van der Waals surface area contributed by atoms with Gasteiger partial charge in [0.25, 0.3) is 5.91 Å². The third kappa shape index (κ3) is 4.43. The van der Waals surface area contributed by atoms with Crippen molar-refractivity contribution in [3.05, 3.63) is 41.7 Å². The van der Waals surface area contributed by atoms with Gasteiger partial charge in [0, 0.05) is 43.8 Å². The fraction of sp³-hybridized carbons (Fsp3) is 0.429. The number of nitrogens with one attached hydrogen (secondary N) is 2. The van der Waals surface area contributed by atoms with Crippen molar-refractivity contribution in [3.63, 3.8) is 0 Å². The minimum Gasteiger partial charge on any atom is -0.477 e. The minimum atomic E-state index is -0.522. The van der Waals surface area contributed by atoms with Gasteiger partial charge in [-0.3, -0.25) is 4.79 Å². The number of aryl methyl sites for hydroxylation is 1. The first kappa shape index (κ1) is 21.0. The standard InChI is InChI=1S/C21H26FN7O2/c1-4-31-20-16(10-24-21(27-20)29-8-7-23-6-5-14(29)3)19(30)26-15-9-17(22)18-25-13(2)11-28(18)12-15/h9-12,14,23H,4-8H2,1-3H3,(H,26,30). The third-order valence-electron chi connectivity index (χ3n) is 5.21. The van der Waals surface area contributed by atoms with Gasteiger partial charge in [-0.15, -0.1) is 0 Å². The van der Waals surface area contributed by atoms with Crippen LogP contribution in [0.1, 0.15) is 36.3 Å². The van der Waals surface area contributed by atoms with E-state index in [0.29, 0.717) is 23.9 Å². The van der Waals surface area contributed by atoms with Crippen molar-refractivity contribution in [1.29, 1.82) is 0 Å². The SMILES string of the molecule is CCOc1nc(N2CCNCCC2C)ncc1C(=O)Nc1cc(F)c2nc(C)cn2c1. The van der Waals surface area contributed by atoms with Gasteiger partial charge in [0.05, 0.1) is 18.0 Å². The molecule has 4 rings (SSSR count). The number of ether oxygens (including phenoxy) is 1. The molecule has 10 heteroatoms. The maximum Gasteiger partial charge on any atom is 0.262 e. The van der Waals surface area contributed by atoms with Gasteiger partial charge in [0.2, 0.25) is 11.8 Å². The highest BCUT2D eigenvalue weighted by atomic mass is 19.1. The van der Waals surface area contributed by atoms with Gasteiger partial charge >= 0.3 is 0 Å². The lowest BCUT2D eigenvalue weighted by molar-refractivity contribution is 0.102. The van der Waals surface area contributed by atoms with Crippen LogP contribution in [0.3, 0.4) is 0 Å². The highest BCUT2D eigenvalue weighted by molar-refractivity contribution is 6.05. The predicted molar refractivity (Wildman–Crippen MR) is 115 cm³/mol. The molecule has 0 saturated carbocycles. The van der Waals surface area contributed by atoms with Gasteiger partial charge in [-0.2, -0.15) is 4.98 Å². The molecule has 1 saturated heterocycles. The van der Waals surface area contributed by atoms with Gasteiger partial charge < -0.3 is 24.7 Å². The van der Waals surface area contributed by atoms with Crippen molar-refractivity contribution in [3.8, 4) is 5.88 Å². The highest BCUT2D eigenvalue weighted by Crippen LogP contribution is 2.23. The van der Waals surface area contributed by atoms with Crippen molar-refractivity contribution in [2.24, 2.45) is 0 Å². The van der Waals surface area contributed by atoms with Crippen molar-refractivity contribution in [1.82, 2.24) is 24.7 Å². The Balaban J connectivity index is 1.61. The normalized spacial score (nSPS) is 16.9. The number of carbonyl (C=O) groups excluding carboxylic acids is 1. The van der Waals surface area contributed by atoms with E-state index in [0.717, 1.165) is 26.1 Å². The number of rotatable bonds is 5. The molecule has 0 radical (unpaired) electrons. The first-order chi connectivity index (χ1) is 15.0. The number of halogens is 1. The zero-order valence-corrected chi connectivity index (χ0v) is 17.9. The van der Waals surface area contributed by atoms with Crippen molar-refractivity contribution in [2.75, 3.05) is 36.5 Å². The molecule has 0 aromatic carbocycles. The topological polar surface area (TPSA) is 96.7 Å². The molecule has 9 nitrogen and oxygen atoms in total. The number of aromatic nitrogens is 4. The molecule has 1 aliphatic heterocycles. The maximum atomic E-state index is 14.3. The first-order valence-corrected chi connectivity index (χ1v) is 10.4. The summed E-state index contributed by atoms with van der Waals surface area (Å²) in [5, 5.41) is 6.07. The number of pyridine rings is 1. The molecule has 31 heavy (non-hydrogen) atoms. The number of anilines is 2. The number of carbonyl (C=O) groups is 1. The van der Waals surface area contributed by atoms with E-state index in [4.69, 9.17) is 4.74 Å². The van der Waals surface area contributed by atoms with Gasteiger partial charge in [0.15, 0.2) is 11.5 Å². The number of hydrogen-bond donors (Lipinski definition) is 2. The number of fused-ring (bicyclic) bond motifs is 1. The average molecular weight is 427 g/mol. The predicted octanol–water partition coefficient (Wildman–Crippen LogP) is 2.41. The molecule has 1 atom stereocenters. The fourth-order valence-corrected chi connectivity index (χ4v) is 3.65. The molecule has 0 aliphatic carbocycles. The van der Waals surface area contributed by atoms with Gasteiger partial charge in [-0.05, 0) is 33.7 Å². The molecule has 4 heterocycles. The summed E-state index contributed by atoms with van der Waals surface area (Å²) in [6.07, 6.45) is 5.73. The van der Waals surface area contributed by atoms with Crippen LogP contribution < -0.4 is 20.3 Å². The van der Waals surface area contributed by atoms with Crippen LogP contribution in [0.25, 0.3) is 5.65 Å². The lowest BCUT2D eigenvalue weighted by atomic mass is 10.2. The van der Waals surface area contributed by atoms with Crippen LogP contribution in [0.15, 0.2) is 24.7 Å². The van der Waals surface area contributed by atoms with E-state index in [1.165, 1.54) is 16.7 Å². The molecule has 1 unspecified atom stereocenters. The second-order valence-electron chi connectivity index (χ2n) is 7.55. The van der Waals surface area contributed by atoms with Crippen LogP contribution in [0.5, 0.6) is 5.88 Å². The summed E-state index contributed by atoms with van der Waals surface area (Å²) in [6, 6.07) is 1.50. The van der Waals surface area contributed by atoms with Crippen LogP contribution in [0.4, 0.5) is 16.0 Å². The molecule has 0 spiro atoms. The molecule has 3 aromatic rings. The molecule has 1 aliphatic rings. The Labute approximate surface area is 179 Å². The quantitative estimate of drug-likeness (QED) is 0.645. The monoisotopic (exact) mass is 427 g/mol. The van der Waals surface area contributed by atoms with Gasteiger partial charge in [-0.25, -0.2) is 14.4 Å². The lowest BCUT2D eigenvalue weighted by Crippen LogP contribution is -2.36. The summed E-state index contributed by atoms with van der Waals surface area (Å²) in [5.74, 6) is -0.269. The fourth-order valence-electron chi connectivity index (χ4n) is 3.65. The Kier molecular flexibility index (Phi) is 5.99. The molecule has 2 N–H and O–H groups in total. The zero-order valence-electron chi connectivity index (χ0n) is 17.9. The summed E-state index contributed by atoms with van der Waals surface area (Å²) in [7, 11) is 0. The van der Waals surface area contributed by atoms with E-state index in [-0.39, 0.29) is 23.1 Å². The summed E-state index contributed by atoms with van der Waals surface area (Å²) >= 11 is 0. The number of nitrogens with zero attached hydrogens (tertiary/aromatic N) is 5. The van der Waals surface area contributed by atoms with E-state index in [2.05, 4.69) is 37.4 Å². The van der Waals surface area contributed by atoms with Crippen LogP contribution in [0, 0.1) is 12.7 Å². The van der Waals surface area contributed by atoms with Crippen molar-refractivity contribution in [2.45, 2.75) is 33.2 Å². The molecule has 1 fully saturated rings. The second-order valence-corrected chi connectivity index (χ2v) is 7.55. The van der Waals surface area contributed by atoms with E-state index < -0.39 is 11.7 Å². The number of imidazole rings is 1. The number of amides is 1. The largest absolute Gasteiger partial charge is 0.477 e. The molecule has 1 amide bonds. The van der Waals surface area contributed by atoms with Crippen molar-refractivity contribution >= 4 is 23.2 Å². The van der Waals surface area contributed by atoms with Crippen molar-refractivity contribution < 1.29 is 13.9 Å². The Morgan fingerprint density at radius 2 is 2.19 bits per heavy atom. The smallest absolute Gasteiger partial charge is 0.262 e. The summed E-state index contributed by atoms with van der Waals surface area (Å²) < 4.78 is 21.5. The number of hydrogen-bond acceptors (Lipinski definition) is 7. The molecular weight excluding hydrogens is 401 g/mol. The van der Waals surface area contributed by atoms with E-state index in [1.807, 2.05) is 6.92 Å². The Bertz CT molecular complexity index is 1100. The van der Waals surface area contributed by atoms with E-state index in [1.54, 1.807) is 19.3 Å². The highest BCUT2D eigenvalue weighted by Gasteiger charge is 2.23. The minimum absolute atomic E-state index is 0.188. The van der Waals surface area contributed by atoms with Crippen LogP contribution in [-0.2, 0) is 0 Å². The van der Waals surface area contributed by atoms with Gasteiger partial charge in [-0.1, -0.05) is 0 Å². The van der Waals surface area contributed by atoms with E-state index in [9.17, 15) is 9.18 Å². The summed E-state index contributed by atoms with van der Waals surface area (Å²) in [6.45, 7) is 8.62. The second kappa shape index (κ2) is 8.84. The van der Waals surface area contributed by atoms with E-state index >= 15 is 0 Å². The molecule has 164 valence electrons. The molecule has 0 bridgehead atoms. The molecule has 3 aromatic heterocycles.